The van der Waals surface area contributed by atoms with Gasteiger partial charge in [-0.25, -0.2) is 0 Å². The summed E-state index contributed by atoms with van der Waals surface area (Å²) in [7, 11) is 0. The second-order valence-electron chi connectivity index (χ2n) is 5.41. The molecule has 124 valence electrons. The van der Waals surface area contributed by atoms with Crippen LogP contribution in [0.2, 0.25) is 0 Å². The van der Waals surface area contributed by atoms with Crippen molar-refractivity contribution in [3.63, 3.8) is 0 Å². The van der Waals surface area contributed by atoms with E-state index in [9.17, 15) is 9.59 Å². The smallest absolute Gasteiger partial charge is 0.323 e. The van der Waals surface area contributed by atoms with Crippen molar-refractivity contribution < 1.29 is 23.8 Å². The lowest BCUT2D eigenvalue weighted by molar-refractivity contribution is -0.179. The van der Waals surface area contributed by atoms with Gasteiger partial charge in [0.2, 0.25) is 0 Å². The minimum Gasteiger partial charge on any atom is -0.457 e. The molecule has 0 saturated carbocycles. The third-order valence-corrected chi connectivity index (χ3v) is 3.32. The molecule has 1 heterocycles. The van der Waals surface area contributed by atoms with Crippen molar-refractivity contribution in [2.45, 2.75) is 64.9 Å². The molecule has 0 radical (unpaired) electrons. The van der Waals surface area contributed by atoms with Gasteiger partial charge in [-0.3, -0.25) is 9.59 Å². The van der Waals surface area contributed by atoms with Crippen LogP contribution in [-0.2, 0) is 23.8 Å². The number of carbonyl (C=O) groups excluding carboxylic acids is 2. The predicted molar refractivity (Wildman–Crippen MR) is 80.1 cm³/mol. The van der Waals surface area contributed by atoms with Crippen LogP contribution in [0.3, 0.4) is 0 Å². The highest BCUT2D eigenvalue weighted by Gasteiger charge is 2.35. The van der Waals surface area contributed by atoms with Crippen LogP contribution >= 0.6 is 12.4 Å². The topological polar surface area (TPSA) is 87.8 Å². The van der Waals surface area contributed by atoms with Gasteiger partial charge in [-0.05, 0) is 19.8 Å². The van der Waals surface area contributed by atoms with Gasteiger partial charge in [0.1, 0.15) is 12.1 Å². The fraction of sp³-hybridized carbons (Fsp3) is 0.857. The van der Waals surface area contributed by atoms with Crippen molar-refractivity contribution >= 4 is 24.3 Å². The van der Waals surface area contributed by atoms with Gasteiger partial charge in [-0.1, -0.05) is 20.8 Å². The van der Waals surface area contributed by atoms with Crippen LogP contribution in [0, 0.1) is 5.92 Å². The molecule has 1 fully saturated rings. The maximum atomic E-state index is 11.8. The Morgan fingerprint density at radius 2 is 2.10 bits per heavy atom. The first-order valence-electron chi connectivity index (χ1n) is 7.15. The average molecular weight is 324 g/mol. The summed E-state index contributed by atoms with van der Waals surface area (Å²) in [5.41, 5.74) is 5.70. The van der Waals surface area contributed by atoms with E-state index in [1.807, 2.05) is 6.92 Å². The Labute approximate surface area is 132 Å². The summed E-state index contributed by atoms with van der Waals surface area (Å²) in [6, 6.07) is -0.700. The second kappa shape index (κ2) is 9.23. The predicted octanol–water partition coefficient (Wildman–Crippen LogP) is 1.43. The minimum absolute atomic E-state index is 0. The van der Waals surface area contributed by atoms with E-state index in [1.165, 1.54) is 0 Å². The molecular formula is C14H26ClNO5. The Hall–Kier alpha value is -0.850. The number of hydrogen-bond donors (Lipinski definition) is 1. The van der Waals surface area contributed by atoms with Gasteiger partial charge >= 0.3 is 11.9 Å². The highest BCUT2D eigenvalue weighted by atomic mass is 35.5. The lowest BCUT2D eigenvalue weighted by Gasteiger charge is -2.30. The monoisotopic (exact) mass is 323 g/mol. The molecule has 1 rings (SSSR count). The van der Waals surface area contributed by atoms with E-state index in [0.29, 0.717) is 19.4 Å². The Bertz CT molecular complexity index is 350. The highest BCUT2D eigenvalue weighted by Crippen LogP contribution is 2.19. The van der Waals surface area contributed by atoms with E-state index in [2.05, 4.69) is 0 Å². The molecule has 0 spiro atoms. The average Bonchev–Trinajstić information content (AvgIpc) is 2.43. The van der Waals surface area contributed by atoms with Gasteiger partial charge in [0.15, 0.2) is 6.10 Å². The van der Waals surface area contributed by atoms with E-state index < -0.39 is 24.2 Å². The Morgan fingerprint density at radius 1 is 1.48 bits per heavy atom. The Kier molecular flexibility index (Phi) is 8.85. The van der Waals surface area contributed by atoms with Crippen LogP contribution in [0.4, 0.5) is 0 Å². The summed E-state index contributed by atoms with van der Waals surface area (Å²) in [5.74, 6) is -1.06. The van der Waals surface area contributed by atoms with Crippen LogP contribution in [0.25, 0.3) is 0 Å². The Morgan fingerprint density at radius 3 is 2.62 bits per heavy atom. The quantitative estimate of drug-likeness (QED) is 0.791. The van der Waals surface area contributed by atoms with Crippen LogP contribution in [0.15, 0.2) is 0 Å². The third kappa shape index (κ3) is 5.80. The number of cyclic esters (lactones) is 1. The lowest BCUT2D eigenvalue weighted by atomic mass is 10.1. The van der Waals surface area contributed by atoms with E-state index in [-0.39, 0.29) is 30.4 Å². The molecule has 21 heavy (non-hydrogen) atoms. The minimum atomic E-state index is -0.700. The van der Waals surface area contributed by atoms with Crippen LogP contribution in [0.5, 0.6) is 0 Å². The number of ether oxygens (including phenoxy) is 3. The molecule has 7 heteroatoms. The van der Waals surface area contributed by atoms with E-state index >= 15 is 0 Å². The zero-order valence-electron chi connectivity index (χ0n) is 13.0. The van der Waals surface area contributed by atoms with Crippen LogP contribution < -0.4 is 5.73 Å². The maximum absolute atomic E-state index is 11.8. The summed E-state index contributed by atoms with van der Waals surface area (Å²) in [6.45, 7) is 7.49. The van der Waals surface area contributed by atoms with E-state index in [0.717, 1.165) is 0 Å². The van der Waals surface area contributed by atoms with Crippen molar-refractivity contribution in [1.29, 1.82) is 0 Å². The molecule has 0 amide bonds. The molecule has 0 bridgehead atoms. The third-order valence-electron chi connectivity index (χ3n) is 3.32. The first-order valence-corrected chi connectivity index (χ1v) is 7.15. The maximum Gasteiger partial charge on any atom is 0.323 e. The summed E-state index contributed by atoms with van der Waals surface area (Å²) < 4.78 is 16.5. The first-order chi connectivity index (χ1) is 9.36. The van der Waals surface area contributed by atoms with Gasteiger partial charge in [-0.2, -0.15) is 0 Å². The number of halogens is 1. The SMILES string of the molecule is CC[C@H]1OCC[C@H](N)C(=O)O[C@@H](C)[C@@H]1OC(=O)C(C)C.Cl. The van der Waals surface area contributed by atoms with E-state index in [1.54, 1.807) is 20.8 Å². The van der Waals surface area contributed by atoms with Crippen molar-refractivity contribution in [1.82, 2.24) is 0 Å². The number of rotatable bonds is 3. The summed E-state index contributed by atoms with van der Waals surface area (Å²) in [6.07, 6.45) is -0.436. The number of carbonyl (C=O) groups is 2. The van der Waals surface area contributed by atoms with Crippen molar-refractivity contribution in [2.75, 3.05) is 6.61 Å². The molecule has 0 aliphatic carbocycles. The standard InChI is InChI=1S/C14H25NO5.ClH/c1-5-11-12(20-13(16)8(2)3)9(4)19-14(17)10(15)6-7-18-11;/h8-12H,5-7,15H2,1-4H3;1H/t9-,10-,11+,12-;/m0./s1. The largest absolute Gasteiger partial charge is 0.457 e. The second-order valence-corrected chi connectivity index (χ2v) is 5.41. The summed E-state index contributed by atoms with van der Waals surface area (Å²) in [4.78, 5) is 23.6. The van der Waals surface area contributed by atoms with Gasteiger partial charge in [0.05, 0.1) is 12.0 Å². The molecule has 4 atom stereocenters. The van der Waals surface area contributed by atoms with E-state index in [4.69, 9.17) is 19.9 Å². The lowest BCUT2D eigenvalue weighted by Crippen LogP contribution is -2.44. The molecule has 0 aromatic carbocycles. The number of nitrogens with two attached hydrogens (primary N) is 1. The van der Waals surface area contributed by atoms with Gasteiger partial charge in [0.25, 0.3) is 0 Å². The van der Waals surface area contributed by atoms with Crippen molar-refractivity contribution in [3.05, 3.63) is 0 Å². The zero-order chi connectivity index (χ0) is 15.3. The number of esters is 2. The number of hydrogen-bond acceptors (Lipinski definition) is 6. The molecular weight excluding hydrogens is 298 g/mol. The van der Waals surface area contributed by atoms with Crippen LogP contribution in [-0.4, -0.2) is 42.9 Å². The summed E-state index contributed by atoms with van der Waals surface area (Å²) in [5, 5.41) is 0. The van der Waals surface area contributed by atoms with Gasteiger partial charge in [0, 0.05) is 6.61 Å². The Balaban J connectivity index is 0.00000400. The van der Waals surface area contributed by atoms with Crippen molar-refractivity contribution in [3.8, 4) is 0 Å². The normalized spacial score (nSPS) is 30.5. The fourth-order valence-corrected chi connectivity index (χ4v) is 1.99. The fourth-order valence-electron chi connectivity index (χ4n) is 1.99. The molecule has 0 aromatic heterocycles. The first kappa shape index (κ1) is 20.1. The molecule has 1 saturated heterocycles. The summed E-state index contributed by atoms with van der Waals surface area (Å²) >= 11 is 0. The zero-order valence-corrected chi connectivity index (χ0v) is 13.9. The van der Waals surface area contributed by atoms with Gasteiger partial charge in [-0.15, -0.1) is 12.4 Å². The highest BCUT2D eigenvalue weighted by molar-refractivity contribution is 5.85. The molecule has 1 aliphatic rings. The molecule has 6 nitrogen and oxygen atoms in total. The van der Waals surface area contributed by atoms with Gasteiger partial charge < -0.3 is 19.9 Å². The molecule has 1 aliphatic heterocycles. The molecule has 0 aromatic rings. The molecule has 0 unspecified atom stereocenters. The molecule has 2 N–H and O–H groups in total. The van der Waals surface area contributed by atoms with Crippen LogP contribution in [0.1, 0.15) is 40.5 Å². The van der Waals surface area contributed by atoms with Crippen molar-refractivity contribution in [2.24, 2.45) is 11.7 Å².